The Morgan fingerprint density at radius 3 is 2.76 bits per heavy atom. The molecule has 1 unspecified atom stereocenters. The van der Waals surface area contributed by atoms with Gasteiger partial charge in [0.1, 0.15) is 5.82 Å². The predicted octanol–water partition coefficient (Wildman–Crippen LogP) is 3.80. The van der Waals surface area contributed by atoms with Gasteiger partial charge in [0, 0.05) is 6.04 Å². The number of likely N-dealkylation sites (N-methyl/N-ethyl adjacent to an activating group) is 1. The molecule has 0 radical (unpaired) electrons. The summed E-state index contributed by atoms with van der Waals surface area (Å²) in [5.74, 6) is -0.263. The average Bonchev–Trinajstić information content (AvgIpc) is 3.03. The number of rotatable bonds is 5. The minimum atomic E-state index is -0.263. The lowest BCUT2D eigenvalue weighted by molar-refractivity contribution is 0.357. The summed E-state index contributed by atoms with van der Waals surface area (Å²) in [5.41, 5.74) is 1.06. The van der Waals surface area contributed by atoms with Crippen molar-refractivity contribution in [2.75, 3.05) is 6.54 Å². The molecule has 1 fully saturated rings. The second kappa shape index (κ2) is 4.95. The fraction of sp³-hybridized carbons (Fsp3) is 0.571. The molecule has 0 amide bonds. The van der Waals surface area contributed by atoms with Crippen molar-refractivity contribution < 1.29 is 4.39 Å². The van der Waals surface area contributed by atoms with Crippen LogP contribution in [0.15, 0.2) is 18.2 Å². The molecule has 1 aromatic rings. The Balaban J connectivity index is 2.14. The first-order chi connectivity index (χ1) is 8.07. The van der Waals surface area contributed by atoms with Gasteiger partial charge in [-0.25, -0.2) is 4.39 Å². The summed E-state index contributed by atoms with van der Waals surface area (Å²) in [5, 5.41) is 3.69. The van der Waals surface area contributed by atoms with Gasteiger partial charge in [0.05, 0.1) is 5.02 Å². The SMILES string of the molecule is CCNC(Cc1cccc(Cl)c1F)C1(C)CC1. The van der Waals surface area contributed by atoms with Crippen LogP contribution in [0.4, 0.5) is 4.39 Å². The zero-order chi connectivity index (χ0) is 12.5. The Hall–Kier alpha value is -0.600. The van der Waals surface area contributed by atoms with E-state index in [1.54, 1.807) is 6.07 Å². The van der Waals surface area contributed by atoms with Crippen LogP contribution >= 0.6 is 11.6 Å². The third-order valence-electron chi connectivity index (χ3n) is 3.79. The molecule has 1 nitrogen and oxygen atoms in total. The number of nitrogens with one attached hydrogen (secondary N) is 1. The Morgan fingerprint density at radius 1 is 1.47 bits per heavy atom. The fourth-order valence-electron chi connectivity index (χ4n) is 2.28. The van der Waals surface area contributed by atoms with Crippen LogP contribution in [0.2, 0.25) is 5.02 Å². The van der Waals surface area contributed by atoms with Gasteiger partial charge < -0.3 is 5.32 Å². The van der Waals surface area contributed by atoms with E-state index in [0.717, 1.165) is 18.5 Å². The molecule has 0 spiro atoms. The molecule has 1 N–H and O–H groups in total. The standard InChI is InChI=1S/C14H19ClFN/c1-3-17-12(14(2)7-8-14)9-10-5-4-6-11(15)13(10)16/h4-6,12,17H,3,7-9H2,1-2H3. The second-order valence-electron chi connectivity index (χ2n) is 5.18. The number of hydrogen-bond donors (Lipinski definition) is 1. The monoisotopic (exact) mass is 255 g/mol. The van der Waals surface area contributed by atoms with Gasteiger partial charge in [0.2, 0.25) is 0 Å². The van der Waals surface area contributed by atoms with E-state index in [1.807, 2.05) is 12.1 Å². The third kappa shape index (κ3) is 2.80. The van der Waals surface area contributed by atoms with Gasteiger partial charge in [-0.2, -0.15) is 0 Å². The van der Waals surface area contributed by atoms with Crippen molar-refractivity contribution in [3.05, 3.63) is 34.6 Å². The van der Waals surface area contributed by atoms with E-state index in [1.165, 1.54) is 12.8 Å². The molecule has 1 aliphatic carbocycles. The second-order valence-corrected chi connectivity index (χ2v) is 5.59. The van der Waals surface area contributed by atoms with Crippen LogP contribution in [0.25, 0.3) is 0 Å². The zero-order valence-corrected chi connectivity index (χ0v) is 11.1. The van der Waals surface area contributed by atoms with Crippen LogP contribution in [0.3, 0.4) is 0 Å². The van der Waals surface area contributed by atoms with Crippen LogP contribution in [-0.4, -0.2) is 12.6 Å². The molecule has 0 aliphatic heterocycles. The normalized spacial score (nSPS) is 19.1. The maximum absolute atomic E-state index is 13.9. The van der Waals surface area contributed by atoms with Gasteiger partial charge in [-0.05, 0) is 42.9 Å². The first-order valence-electron chi connectivity index (χ1n) is 6.23. The van der Waals surface area contributed by atoms with Gasteiger partial charge >= 0.3 is 0 Å². The van der Waals surface area contributed by atoms with E-state index in [4.69, 9.17) is 11.6 Å². The summed E-state index contributed by atoms with van der Waals surface area (Å²) in [6.45, 7) is 5.28. The molecule has 1 aromatic carbocycles. The number of benzene rings is 1. The van der Waals surface area contributed by atoms with Crippen LogP contribution in [0.1, 0.15) is 32.3 Å². The summed E-state index contributed by atoms with van der Waals surface area (Å²) in [4.78, 5) is 0. The molecule has 2 rings (SSSR count). The maximum Gasteiger partial charge on any atom is 0.145 e. The molecular weight excluding hydrogens is 237 g/mol. The first kappa shape index (κ1) is 12.8. The molecular formula is C14H19ClFN. The van der Waals surface area contributed by atoms with Gasteiger partial charge in [0.25, 0.3) is 0 Å². The Bertz CT molecular complexity index is 401. The van der Waals surface area contributed by atoms with Gasteiger partial charge in [-0.3, -0.25) is 0 Å². The van der Waals surface area contributed by atoms with Crippen molar-refractivity contribution in [2.45, 2.75) is 39.2 Å². The summed E-state index contributed by atoms with van der Waals surface area (Å²) in [7, 11) is 0. The molecule has 1 atom stereocenters. The van der Waals surface area contributed by atoms with Gasteiger partial charge in [-0.1, -0.05) is 37.6 Å². The summed E-state index contributed by atoms with van der Waals surface area (Å²) in [6.07, 6.45) is 3.18. The van der Waals surface area contributed by atoms with Gasteiger partial charge in [0.15, 0.2) is 0 Å². The van der Waals surface area contributed by atoms with Crippen molar-refractivity contribution in [1.29, 1.82) is 0 Å². The van der Waals surface area contributed by atoms with Crippen LogP contribution in [0, 0.1) is 11.2 Å². The van der Waals surface area contributed by atoms with E-state index in [9.17, 15) is 4.39 Å². The molecule has 0 saturated heterocycles. The van der Waals surface area contributed by atoms with E-state index in [2.05, 4.69) is 19.2 Å². The quantitative estimate of drug-likeness (QED) is 0.844. The average molecular weight is 256 g/mol. The number of halogens is 2. The smallest absolute Gasteiger partial charge is 0.145 e. The minimum Gasteiger partial charge on any atom is -0.313 e. The molecule has 1 aliphatic rings. The van der Waals surface area contributed by atoms with E-state index in [0.29, 0.717) is 11.5 Å². The maximum atomic E-state index is 13.9. The Labute approximate surface area is 107 Å². The topological polar surface area (TPSA) is 12.0 Å². The molecule has 3 heteroatoms. The lowest BCUT2D eigenvalue weighted by Crippen LogP contribution is -2.38. The summed E-state index contributed by atoms with van der Waals surface area (Å²) >= 11 is 5.81. The fourth-order valence-corrected chi connectivity index (χ4v) is 2.48. The molecule has 17 heavy (non-hydrogen) atoms. The van der Waals surface area contributed by atoms with Crippen molar-refractivity contribution in [1.82, 2.24) is 5.32 Å². The van der Waals surface area contributed by atoms with E-state index >= 15 is 0 Å². The zero-order valence-electron chi connectivity index (χ0n) is 10.4. The highest BCUT2D eigenvalue weighted by Crippen LogP contribution is 2.49. The summed E-state index contributed by atoms with van der Waals surface area (Å²) in [6, 6.07) is 5.60. The lowest BCUT2D eigenvalue weighted by Gasteiger charge is -2.24. The molecule has 0 bridgehead atoms. The molecule has 0 aromatic heterocycles. The Morgan fingerprint density at radius 2 is 2.18 bits per heavy atom. The Kier molecular flexibility index (Phi) is 3.74. The highest BCUT2D eigenvalue weighted by atomic mass is 35.5. The van der Waals surface area contributed by atoms with Crippen molar-refractivity contribution >= 4 is 11.6 Å². The lowest BCUT2D eigenvalue weighted by atomic mass is 9.92. The van der Waals surface area contributed by atoms with Crippen molar-refractivity contribution in [3.63, 3.8) is 0 Å². The largest absolute Gasteiger partial charge is 0.313 e. The van der Waals surface area contributed by atoms with E-state index in [-0.39, 0.29) is 10.8 Å². The highest BCUT2D eigenvalue weighted by Gasteiger charge is 2.44. The predicted molar refractivity (Wildman–Crippen MR) is 69.9 cm³/mol. The van der Waals surface area contributed by atoms with Crippen LogP contribution in [0.5, 0.6) is 0 Å². The van der Waals surface area contributed by atoms with Crippen LogP contribution in [-0.2, 0) is 6.42 Å². The minimum absolute atomic E-state index is 0.221. The van der Waals surface area contributed by atoms with Crippen molar-refractivity contribution in [3.8, 4) is 0 Å². The number of hydrogen-bond acceptors (Lipinski definition) is 1. The van der Waals surface area contributed by atoms with Crippen molar-refractivity contribution in [2.24, 2.45) is 5.41 Å². The molecule has 94 valence electrons. The van der Waals surface area contributed by atoms with Gasteiger partial charge in [-0.15, -0.1) is 0 Å². The highest BCUT2D eigenvalue weighted by molar-refractivity contribution is 6.30. The third-order valence-corrected chi connectivity index (χ3v) is 4.08. The van der Waals surface area contributed by atoms with Crippen LogP contribution < -0.4 is 5.32 Å². The molecule has 1 saturated carbocycles. The van der Waals surface area contributed by atoms with E-state index < -0.39 is 0 Å². The summed E-state index contributed by atoms with van der Waals surface area (Å²) < 4.78 is 13.9. The molecule has 0 heterocycles. The first-order valence-corrected chi connectivity index (χ1v) is 6.61.